The number of methoxy groups -OCH3 is 1. The minimum absolute atomic E-state index is 0.0111. The van der Waals surface area contributed by atoms with Gasteiger partial charge >= 0.3 is 0 Å². The molecule has 1 aromatic carbocycles. The number of ether oxygens (including phenoxy) is 1. The molecule has 1 aromatic rings. The van der Waals surface area contributed by atoms with E-state index >= 15 is 0 Å². The number of nitrogens with one attached hydrogen (secondary N) is 2. The van der Waals surface area contributed by atoms with Gasteiger partial charge in [-0.1, -0.05) is 12.1 Å². The van der Waals surface area contributed by atoms with E-state index in [2.05, 4.69) is 10.6 Å². The Morgan fingerprint density at radius 2 is 1.58 bits per heavy atom. The highest BCUT2D eigenvalue weighted by Crippen LogP contribution is 2.29. The van der Waals surface area contributed by atoms with Crippen molar-refractivity contribution in [3.05, 3.63) is 35.6 Å². The summed E-state index contributed by atoms with van der Waals surface area (Å²) < 4.78 is 17.8. The van der Waals surface area contributed by atoms with Crippen molar-refractivity contribution >= 4 is 11.8 Å². The lowest BCUT2D eigenvalue weighted by Crippen LogP contribution is -2.38. The number of carbonyl (C=O) groups excluding carboxylic acids is 2. The fourth-order valence-corrected chi connectivity index (χ4v) is 2.97. The second-order valence-corrected chi connectivity index (χ2v) is 6.18. The Morgan fingerprint density at radius 1 is 1.04 bits per heavy atom. The van der Waals surface area contributed by atoms with Crippen LogP contribution in [0.15, 0.2) is 24.3 Å². The van der Waals surface area contributed by atoms with E-state index in [1.165, 1.54) is 12.1 Å². The van der Waals surface area contributed by atoms with E-state index < -0.39 is 0 Å². The summed E-state index contributed by atoms with van der Waals surface area (Å²) in [6.45, 7) is 1.43. The van der Waals surface area contributed by atoms with Gasteiger partial charge in [0.2, 0.25) is 11.8 Å². The van der Waals surface area contributed by atoms with Gasteiger partial charge in [0.15, 0.2) is 0 Å². The zero-order chi connectivity index (χ0) is 17.4. The minimum atomic E-state index is -0.285. The lowest BCUT2D eigenvalue weighted by atomic mass is 9.81. The van der Waals surface area contributed by atoms with Crippen LogP contribution in [0.2, 0.25) is 0 Å². The summed E-state index contributed by atoms with van der Waals surface area (Å²) in [6.07, 6.45) is 2.90. The summed E-state index contributed by atoms with van der Waals surface area (Å²) in [5, 5.41) is 5.75. The van der Waals surface area contributed by atoms with Crippen molar-refractivity contribution in [1.82, 2.24) is 10.6 Å². The number of amides is 2. The first-order valence-corrected chi connectivity index (χ1v) is 8.39. The molecular formula is C18H25FN2O3. The zero-order valence-electron chi connectivity index (χ0n) is 14.0. The number of carbonyl (C=O) groups is 2. The second-order valence-electron chi connectivity index (χ2n) is 6.18. The second kappa shape index (κ2) is 9.37. The van der Waals surface area contributed by atoms with Crippen LogP contribution in [0.3, 0.4) is 0 Å². The Hall–Kier alpha value is -1.95. The molecule has 0 atom stereocenters. The number of halogens is 1. The summed E-state index contributed by atoms with van der Waals surface area (Å²) in [7, 11) is 1.60. The molecule has 1 saturated carbocycles. The fraction of sp³-hybridized carbons (Fsp3) is 0.556. The van der Waals surface area contributed by atoms with E-state index in [4.69, 9.17) is 4.74 Å². The first-order valence-electron chi connectivity index (χ1n) is 8.39. The molecule has 0 aliphatic heterocycles. The van der Waals surface area contributed by atoms with E-state index in [1.807, 2.05) is 0 Å². The molecule has 0 unspecified atom stereocenters. The topological polar surface area (TPSA) is 67.4 Å². The standard InChI is InChI=1S/C18H25FN2O3/c1-24-11-10-20-17(22)14-4-6-15(7-5-14)18(23)21-12-13-2-8-16(19)9-3-13/h2-3,8-9,14-15H,4-7,10-12H2,1H3,(H,20,22)(H,21,23). The molecule has 24 heavy (non-hydrogen) atoms. The third-order valence-corrected chi connectivity index (χ3v) is 4.45. The van der Waals surface area contributed by atoms with Gasteiger partial charge in [-0.3, -0.25) is 9.59 Å². The molecular weight excluding hydrogens is 311 g/mol. The van der Waals surface area contributed by atoms with Crippen LogP contribution in [0.5, 0.6) is 0 Å². The Labute approximate surface area is 142 Å². The van der Waals surface area contributed by atoms with Crippen LogP contribution in [-0.2, 0) is 20.9 Å². The van der Waals surface area contributed by atoms with Crippen LogP contribution in [-0.4, -0.2) is 32.1 Å². The molecule has 1 fully saturated rings. The monoisotopic (exact) mass is 336 g/mol. The molecule has 0 saturated heterocycles. The molecule has 1 aliphatic carbocycles. The Kier molecular flexibility index (Phi) is 7.18. The van der Waals surface area contributed by atoms with Gasteiger partial charge in [-0.15, -0.1) is 0 Å². The largest absolute Gasteiger partial charge is 0.383 e. The lowest BCUT2D eigenvalue weighted by molar-refractivity contribution is -0.130. The molecule has 0 aromatic heterocycles. The molecule has 2 rings (SSSR count). The molecule has 0 bridgehead atoms. The van der Waals surface area contributed by atoms with Gasteiger partial charge in [0.25, 0.3) is 0 Å². The first kappa shape index (κ1) is 18.4. The van der Waals surface area contributed by atoms with E-state index in [-0.39, 0.29) is 29.5 Å². The summed E-state index contributed by atoms with van der Waals surface area (Å²) >= 11 is 0. The number of rotatable bonds is 7. The molecule has 2 amide bonds. The van der Waals surface area contributed by atoms with Crippen molar-refractivity contribution in [2.45, 2.75) is 32.2 Å². The van der Waals surface area contributed by atoms with Crippen molar-refractivity contribution in [3.8, 4) is 0 Å². The maximum absolute atomic E-state index is 12.8. The highest BCUT2D eigenvalue weighted by Gasteiger charge is 2.29. The molecule has 2 N–H and O–H groups in total. The Morgan fingerprint density at radius 3 is 2.12 bits per heavy atom. The van der Waals surface area contributed by atoms with Gasteiger partial charge in [-0.2, -0.15) is 0 Å². The van der Waals surface area contributed by atoms with Crippen LogP contribution < -0.4 is 10.6 Å². The van der Waals surface area contributed by atoms with Gasteiger partial charge in [-0.25, -0.2) is 4.39 Å². The molecule has 0 heterocycles. The number of hydrogen-bond acceptors (Lipinski definition) is 3. The van der Waals surface area contributed by atoms with E-state index in [9.17, 15) is 14.0 Å². The smallest absolute Gasteiger partial charge is 0.223 e. The Balaban J connectivity index is 1.70. The maximum Gasteiger partial charge on any atom is 0.223 e. The van der Waals surface area contributed by atoms with E-state index in [1.54, 1.807) is 19.2 Å². The van der Waals surface area contributed by atoms with Crippen LogP contribution in [0.25, 0.3) is 0 Å². The summed E-state index contributed by atoms with van der Waals surface area (Å²) in [5.74, 6) is -0.279. The number of benzene rings is 1. The van der Waals surface area contributed by atoms with Crippen LogP contribution in [0, 0.1) is 17.7 Å². The highest BCUT2D eigenvalue weighted by atomic mass is 19.1. The number of hydrogen-bond donors (Lipinski definition) is 2. The average molecular weight is 336 g/mol. The van der Waals surface area contributed by atoms with Crippen molar-refractivity contribution in [3.63, 3.8) is 0 Å². The molecule has 1 aliphatic rings. The van der Waals surface area contributed by atoms with Gasteiger partial charge in [0.05, 0.1) is 6.61 Å². The first-order chi connectivity index (χ1) is 11.6. The SMILES string of the molecule is COCCNC(=O)C1CCC(C(=O)NCc2ccc(F)cc2)CC1. The predicted molar refractivity (Wildman–Crippen MR) is 88.6 cm³/mol. The zero-order valence-corrected chi connectivity index (χ0v) is 14.0. The van der Waals surface area contributed by atoms with E-state index in [0.29, 0.717) is 19.7 Å². The van der Waals surface area contributed by atoms with Crippen LogP contribution >= 0.6 is 0 Å². The summed E-state index contributed by atoms with van der Waals surface area (Å²) in [6, 6.07) is 6.09. The van der Waals surface area contributed by atoms with E-state index in [0.717, 1.165) is 31.2 Å². The van der Waals surface area contributed by atoms with Crippen molar-refractivity contribution in [2.75, 3.05) is 20.3 Å². The highest BCUT2D eigenvalue weighted by molar-refractivity contribution is 5.81. The fourth-order valence-electron chi connectivity index (χ4n) is 2.97. The predicted octanol–water partition coefficient (Wildman–Crippen LogP) is 2.01. The van der Waals surface area contributed by atoms with Gasteiger partial charge in [-0.05, 0) is 43.4 Å². The molecule has 0 spiro atoms. The van der Waals surface area contributed by atoms with Crippen molar-refractivity contribution < 1.29 is 18.7 Å². The summed E-state index contributed by atoms with van der Waals surface area (Å²) in [4.78, 5) is 24.2. The van der Waals surface area contributed by atoms with Crippen molar-refractivity contribution in [1.29, 1.82) is 0 Å². The van der Waals surface area contributed by atoms with Crippen LogP contribution in [0.1, 0.15) is 31.2 Å². The molecule has 5 nitrogen and oxygen atoms in total. The minimum Gasteiger partial charge on any atom is -0.383 e. The third-order valence-electron chi connectivity index (χ3n) is 4.45. The quantitative estimate of drug-likeness (QED) is 0.749. The van der Waals surface area contributed by atoms with Gasteiger partial charge in [0, 0.05) is 32.0 Å². The summed E-state index contributed by atoms with van der Waals surface area (Å²) in [5.41, 5.74) is 0.871. The average Bonchev–Trinajstić information content (AvgIpc) is 2.61. The molecule has 132 valence electrons. The Bertz CT molecular complexity index is 540. The normalized spacial score (nSPS) is 20.4. The lowest BCUT2D eigenvalue weighted by Gasteiger charge is -2.27. The molecule has 6 heteroatoms. The maximum atomic E-state index is 12.8. The third kappa shape index (κ3) is 5.60. The van der Waals surface area contributed by atoms with Crippen molar-refractivity contribution in [2.24, 2.45) is 11.8 Å². The van der Waals surface area contributed by atoms with Gasteiger partial charge < -0.3 is 15.4 Å². The molecule has 0 radical (unpaired) electrons. The van der Waals surface area contributed by atoms with Crippen LogP contribution in [0.4, 0.5) is 4.39 Å². The van der Waals surface area contributed by atoms with Gasteiger partial charge in [0.1, 0.15) is 5.82 Å².